The molecule has 0 aliphatic rings. The zero-order valence-electron chi connectivity index (χ0n) is 15.5. The van der Waals surface area contributed by atoms with Gasteiger partial charge in [0.15, 0.2) is 0 Å². The summed E-state index contributed by atoms with van der Waals surface area (Å²) in [4.78, 5) is 25.1. The molecule has 0 fully saturated rings. The fraction of sp³-hybridized carbons (Fsp3) is 0.200. The molecule has 0 aliphatic heterocycles. The number of carbonyl (C=O) groups is 1. The van der Waals surface area contributed by atoms with E-state index in [2.05, 4.69) is 5.10 Å². The van der Waals surface area contributed by atoms with Gasteiger partial charge in [0.05, 0.1) is 29.3 Å². The lowest BCUT2D eigenvalue weighted by Crippen LogP contribution is -2.27. The van der Waals surface area contributed by atoms with E-state index in [9.17, 15) is 14.9 Å². The molecule has 2 aromatic carbocycles. The summed E-state index contributed by atoms with van der Waals surface area (Å²) in [6.07, 6.45) is 0. The molecule has 0 radical (unpaired) electrons. The molecule has 0 saturated carbocycles. The lowest BCUT2D eigenvalue weighted by molar-refractivity contribution is -0.385. The normalized spacial score (nSPS) is 10.7. The van der Waals surface area contributed by atoms with Crippen LogP contribution in [0.3, 0.4) is 0 Å². The second-order valence-electron chi connectivity index (χ2n) is 6.44. The second-order valence-corrected chi connectivity index (χ2v) is 6.80. The van der Waals surface area contributed by atoms with Crippen molar-refractivity contribution in [1.82, 2.24) is 14.7 Å². The molecule has 0 aliphatic carbocycles. The molecule has 0 unspecified atom stereocenters. The average molecular weight is 399 g/mol. The molecule has 0 bridgehead atoms. The van der Waals surface area contributed by atoms with E-state index in [1.165, 1.54) is 11.0 Å². The Kier molecular flexibility index (Phi) is 5.75. The maximum Gasteiger partial charge on any atom is 0.274 e. The zero-order valence-corrected chi connectivity index (χ0v) is 16.3. The van der Waals surface area contributed by atoms with E-state index in [0.29, 0.717) is 23.4 Å². The number of nitro groups is 1. The van der Waals surface area contributed by atoms with Gasteiger partial charge in [0.2, 0.25) is 0 Å². The maximum atomic E-state index is 13.0. The van der Waals surface area contributed by atoms with Crippen molar-refractivity contribution in [2.24, 2.45) is 0 Å². The van der Waals surface area contributed by atoms with Crippen LogP contribution in [0.4, 0.5) is 5.69 Å². The molecular formula is C20H19ClN4O3. The minimum atomic E-state index is -0.455. The van der Waals surface area contributed by atoms with Crippen molar-refractivity contribution in [3.63, 3.8) is 0 Å². The molecule has 1 amide bonds. The van der Waals surface area contributed by atoms with Crippen molar-refractivity contribution in [2.75, 3.05) is 7.05 Å². The zero-order chi connectivity index (χ0) is 20.3. The van der Waals surface area contributed by atoms with Crippen molar-refractivity contribution in [3.05, 3.63) is 92.2 Å². The summed E-state index contributed by atoms with van der Waals surface area (Å²) in [6.45, 7) is 2.26. The van der Waals surface area contributed by atoms with Crippen LogP contribution < -0.4 is 0 Å². The minimum absolute atomic E-state index is 0.0234. The Morgan fingerprint density at radius 1 is 1.18 bits per heavy atom. The Morgan fingerprint density at radius 3 is 2.50 bits per heavy atom. The number of amides is 1. The van der Waals surface area contributed by atoms with Crippen LogP contribution in [0.5, 0.6) is 0 Å². The molecule has 8 heteroatoms. The summed E-state index contributed by atoms with van der Waals surface area (Å²) in [5, 5.41) is 15.8. The summed E-state index contributed by atoms with van der Waals surface area (Å²) in [5.74, 6) is -0.333. The van der Waals surface area contributed by atoms with Crippen molar-refractivity contribution in [3.8, 4) is 0 Å². The van der Waals surface area contributed by atoms with E-state index in [-0.39, 0.29) is 23.3 Å². The molecule has 0 saturated heterocycles. The van der Waals surface area contributed by atoms with E-state index in [1.54, 1.807) is 36.9 Å². The Morgan fingerprint density at radius 2 is 1.82 bits per heavy atom. The lowest BCUT2D eigenvalue weighted by Gasteiger charge is -2.17. The topological polar surface area (TPSA) is 81.3 Å². The number of aromatic nitrogens is 2. The van der Waals surface area contributed by atoms with Crippen molar-refractivity contribution in [2.45, 2.75) is 20.0 Å². The third-order valence-electron chi connectivity index (χ3n) is 4.40. The molecule has 0 N–H and O–H groups in total. The van der Waals surface area contributed by atoms with E-state index < -0.39 is 4.92 Å². The predicted octanol–water partition coefficient (Wildman–Crippen LogP) is 4.07. The summed E-state index contributed by atoms with van der Waals surface area (Å²) in [7, 11) is 1.59. The van der Waals surface area contributed by atoms with Gasteiger partial charge in [0, 0.05) is 18.7 Å². The third kappa shape index (κ3) is 4.04. The van der Waals surface area contributed by atoms with Crippen LogP contribution in [-0.4, -0.2) is 32.6 Å². The number of nitrogens with zero attached hydrogens (tertiary/aromatic N) is 4. The Bertz CT molecular complexity index is 1020. The molecule has 7 nitrogen and oxygen atoms in total. The van der Waals surface area contributed by atoms with Crippen molar-refractivity contribution in [1.29, 1.82) is 0 Å². The van der Waals surface area contributed by atoms with Crippen LogP contribution in [0, 0.1) is 17.0 Å². The fourth-order valence-electron chi connectivity index (χ4n) is 3.00. The summed E-state index contributed by atoms with van der Waals surface area (Å²) in [6, 6.07) is 16.0. The van der Waals surface area contributed by atoms with Crippen molar-refractivity contribution >= 4 is 23.2 Å². The molecular weight excluding hydrogens is 380 g/mol. The van der Waals surface area contributed by atoms with Gasteiger partial charge in [-0.05, 0) is 12.5 Å². The van der Waals surface area contributed by atoms with Gasteiger partial charge >= 0.3 is 0 Å². The van der Waals surface area contributed by atoms with Crippen LogP contribution in [0.15, 0.2) is 54.6 Å². The Labute approximate surface area is 167 Å². The average Bonchev–Trinajstić information content (AvgIpc) is 2.95. The fourth-order valence-corrected chi connectivity index (χ4v) is 3.31. The second kappa shape index (κ2) is 8.22. The lowest BCUT2D eigenvalue weighted by atomic mass is 10.1. The molecule has 28 heavy (non-hydrogen) atoms. The first-order valence-electron chi connectivity index (χ1n) is 8.63. The van der Waals surface area contributed by atoms with Gasteiger partial charge < -0.3 is 4.90 Å². The number of carbonyl (C=O) groups excluding carboxylic acids is 1. The Hall–Kier alpha value is -3.19. The molecule has 0 spiro atoms. The SMILES string of the molecule is Cc1nn(Cc2ccccc2)c(Cl)c1C(=O)N(C)Cc1ccccc1[N+](=O)[O-]. The number of nitro benzene ring substituents is 1. The van der Waals surface area contributed by atoms with Gasteiger partial charge in [-0.15, -0.1) is 0 Å². The van der Waals surface area contributed by atoms with Crippen LogP contribution >= 0.6 is 11.6 Å². The monoisotopic (exact) mass is 398 g/mol. The molecule has 0 atom stereocenters. The summed E-state index contributed by atoms with van der Waals surface area (Å²) < 4.78 is 1.58. The number of benzene rings is 2. The first-order valence-corrected chi connectivity index (χ1v) is 9.01. The quantitative estimate of drug-likeness (QED) is 0.463. The van der Waals surface area contributed by atoms with Gasteiger partial charge in [-0.3, -0.25) is 14.9 Å². The van der Waals surface area contributed by atoms with E-state index in [1.807, 2.05) is 30.3 Å². The number of hydrogen-bond acceptors (Lipinski definition) is 4. The van der Waals surface area contributed by atoms with Gasteiger partial charge in [0.1, 0.15) is 5.15 Å². The highest BCUT2D eigenvalue weighted by Crippen LogP contribution is 2.24. The number of para-hydroxylation sites is 1. The molecule has 3 rings (SSSR count). The van der Waals surface area contributed by atoms with E-state index in [0.717, 1.165) is 5.56 Å². The molecule has 1 aromatic heterocycles. The standard InChI is InChI=1S/C20H19ClN4O3/c1-14-18(19(21)24(22-14)12-15-8-4-3-5-9-15)20(26)23(2)13-16-10-6-7-11-17(16)25(27)28/h3-11H,12-13H2,1-2H3. The van der Waals surface area contributed by atoms with Crippen LogP contribution in [0.1, 0.15) is 27.2 Å². The van der Waals surface area contributed by atoms with Crippen LogP contribution in [-0.2, 0) is 13.1 Å². The first-order chi connectivity index (χ1) is 13.4. The van der Waals surface area contributed by atoms with Crippen LogP contribution in [0.2, 0.25) is 5.15 Å². The number of hydrogen-bond donors (Lipinski definition) is 0. The van der Waals surface area contributed by atoms with Crippen molar-refractivity contribution < 1.29 is 9.72 Å². The van der Waals surface area contributed by atoms with Gasteiger partial charge in [-0.1, -0.05) is 60.1 Å². The first kappa shape index (κ1) is 19.6. The highest BCUT2D eigenvalue weighted by Gasteiger charge is 2.25. The third-order valence-corrected chi connectivity index (χ3v) is 4.78. The van der Waals surface area contributed by atoms with E-state index >= 15 is 0 Å². The molecule has 144 valence electrons. The Balaban J connectivity index is 1.83. The minimum Gasteiger partial charge on any atom is -0.337 e. The molecule has 1 heterocycles. The summed E-state index contributed by atoms with van der Waals surface area (Å²) in [5.41, 5.74) is 2.26. The number of aryl methyl sites for hydroxylation is 1. The van der Waals surface area contributed by atoms with E-state index in [4.69, 9.17) is 11.6 Å². The highest BCUT2D eigenvalue weighted by molar-refractivity contribution is 6.33. The van der Waals surface area contributed by atoms with Gasteiger partial charge in [-0.25, -0.2) is 4.68 Å². The van der Waals surface area contributed by atoms with Crippen LogP contribution in [0.25, 0.3) is 0 Å². The number of rotatable bonds is 6. The van der Waals surface area contributed by atoms with Gasteiger partial charge in [0.25, 0.3) is 11.6 Å². The maximum absolute atomic E-state index is 13.0. The largest absolute Gasteiger partial charge is 0.337 e. The highest BCUT2D eigenvalue weighted by atomic mass is 35.5. The predicted molar refractivity (Wildman–Crippen MR) is 106 cm³/mol. The van der Waals surface area contributed by atoms with Gasteiger partial charge in [-0.2, -0.15) is 5.10 Å². The summed E-state index contributed by atoms with van der Waals surface area (Å²) >= 11 is 6.45. The number of halogens is 1. The molecule has 3 aromatic rings. The smallest absolute Gasteiger partial charge is 0.274 e.